The van der Waals surface area contributed by atoms with Crippen LogP contribution in [0.25, 0.3) is 33.1 Å². The SMILES string of the molecule is Fc1cc2c(-c3ccc4cccc(F)c4n3)c[nH]c2c(F)c1F. The van der Waals surface area contributed by atoms with Crippen LogP contribution in [0.3, 0.4) is 0 Å². The number of rotatable bonds is 1. The van der Waals surface area contributed by atoms with Crippen LogP contribution >= 0.6 is 0 Å². The number of aromatic amines is 1. The van der Waals surface area contributed by atoms with Gasteiger partial charge in [0.25, 0.3) is 0 Å². The van der Waals surface area contributed by atoms with E-state index >= 15 is 0 Å². The molecule has 0 aliphatic carbocycles. The molecule has 0 saturated carbocycles. The molecule has 0 fully saturated rings. The summed E-state index contributed by atoms with van der Waals surface area (Å²) in [5.74, 6) is -4.61. The van der Waals surface area contributed by atoms with Crippen molar-refractivity contribution in [2.75, 3.05) is 0 Å². The number of nitrogens with one attached hydrogen (secondary N) is 1. The van der Waals surface area contributed by atoms with Gasteiger partial charge in [0.2, 0.25) is 0 Å². The minimum absolute atomic E-state index is 0.143. The molecule has 0 amide bonds. The highest BCUT2D eigenvalue weighted by Crippen LogP contribution is 2.32. The van der Waals surface area contributed by atoms with Crippen LogP contribution in [0.5, 0.6) is 0 Å². The number of benzene rings is 2. The molecule has 0 radical (unpaired) electrons. The van der Waals surface area contributed by atoms with Crippen LogP contribution in [0.1, 0.15) is 0 Å². The molecule has 0 aliphatic heterocycles. The lowest BCUT2D eigenvalue weighted by molar-refractivity contribution is 0.453. The molecule has 6 heteroatoms. The van der Waals surface area contributed by atoms with Crippen LogP contribution in [0.15, 0.2) is 42.6 Å². The fourth-order valence-electron chi connectivity index (χ4n) is 2.64. The highest BCUT2D eigenvalue weighted by molar-refractivity contribution is 5.96. The summed E-state index contributed by atoms with van der Waals surface area (Å²) in [7, 11) is 0. The third-order valence-corrected chi connectivity index (χ3v) is 3.76. The van der Waals surface area contributed by atoms with E-state index in [-0.39, 0.29) is 16.4 Å². The second-order valence-corrected chi connectivity index (χ2v) is 5.12. The van der Waals surface area contributed by atoms with Gasteiger partial charge in [-0.25, -0.2) is 22.5 Å². The van der Waals surface area contributed by atoms with Gasteiger partial charge in [-0.05, 0) is 18.2 Å². The Kier molecular flexibility index (Phi) is 2.87. The lowest BCUT2D eigenvalue weighted by Gasteiger charge is -2.04. The molecule has 2 aromatic carbocycles. The molecule has 0 bridgehead atoms. The fourth-order valence-corrected chi connectivity index (χ4v) is 2.64. The minimum atomic E-state index is -1.54. The van der Waals surface area contributed by atoms with Crippen molar-refractivity contribution in [2.45, 2.75) is 0 Å². The van der Waals surface area contributed by atoms with Crippen molar-refractivity contribution in [1.29, 1.82) is 0 Å². The molecule has 0 spiro atoms. The molecule has 0 saturated heterocycles. The number of halogens is 4. The first-order valence-electron chi connectivity index (χ1n) is 6.76. The number of hydrogen-bond acceptors (Lipinski definition) is 1. The Labute approximate surface area is 127 Å². The first-order chi connectivity index (χ1) is 11.1. The van der Waals surface area contributed by atoms with Crippen LogP contribution in [-0.2, 0) is 0 Å². The van der Waals surface area contributed by atoms with Gasteiger partial charge in [-0.2, -0.15) is 0 Å². The van der Waals surface area contributed by atoms with E-state index in [1.165, 1.54) is 12.3 Å². The molecular formula is C17H8F4N2. The molecule has 2 heterocycles. The van der Waals surface area contributed by atoms with Crippen LogP contribution in [0.4, 0.5) is 17.6 Å². The van der Waals surface area contributed by atoms with E-state index in [0.717, 1.165) is 6.07 Å². The molecule has 4 rings (SSSR count). The summed E-state index contributed by atoms with van der Waals surface area (Å²) in [6.07, 6.45) is 1.39. The number of pyridine rings is 1. The average molecular weight is 316 g/mol. The number of hydrogen-bond donors (Lipinski definition) is 1. The topological polar surface area (TPSA) is 28.7 Å². The first-order valence-corrected chi connectivity index (χ1v) is 6.76. The Morgan fingerprint density at radius 2 is 1.70 bits per heavy atom. The molecule has 2 aromatic heterocycles. The van der Waals surface area contributed by atoms with Gasteiger partial charge in [0.15, 0.2) is 17.5 Å². The van der Waals surface area contributed by atoms with Crippen LogP contribution in [-0.4, -0.2) is 9.97 Å². The van der Waals surface area contributed by atoms with Gasteiger partial charge in [-0.3, -0.25) is 0 Å². The van der Waals surface area contributed by atoms with Crippen LogP contribution in [0.2, 0.25) is 0 Å². The standard InChI is InChI=1S/C17H8F4N2/c18-11-3-1-2-8-4-5-13(23-16(8)11)10-7-22-17-9(10)6-12(19)14(20)15(17)21/h1-7,22H. The lowest BCUT2D eigenvalue weighted by Crippen LogP contribution is -1.92. The second kappa shape index (κ2) is 4.81. The van der Waals surface area contributed by atoms with Gasteiger partial charge in [-0.1, -0.05) is 18.2 Å². The summed E-state index contributed by atoms with van der Waals surface area (Å²) in [6.45, 7) is 0. The smallest absolute Gasteiger partial charge is 0.196 e. The number of aromatic nitrogens is 2. The maximum Gasteiger partial charge on any atom is 0.196 e. The normalized spacial score (nSPS) is 11.5. The Balaban J connectivity index is 2.01. The van der Waals surface area contributed by atoms with Gasteiger partial charge < -0.3 is 4.98 Å². The zero-order valence-electron chi connectivity index (χ0n) is 11.5. The van der Waals surface area contributed by atoms with Crippen molar-refractivity contribution in [1.82, 2.24) is 9.97 Å². The maximum atomic E-state index is 13.9. The molecule has 0 atom stereocenters. The van der Waals surface area contributed by atoms with Crippen molar-refractivity contribution in [2.24, 2.45) is 0 Å². The largest absolute Gasteiger partial charge is 0.358 e. The Morgan fingerprint density at radius 1 is 0.870 bits per heavy atom. The van der Waals surface area contributed by atoms with E-state index in [1.807, 2.05) is 0 Å². The number of fused-ring (bicyclic) bond motifs is 2. The highest BCUT2D eigenvalue weighted by atomic mass is 19.2. The third kappa shape index (κ3) is 1.98. The van der Waals surface area contributed by atoms with E-state index in [9.17, 15) is 17.6 Å². The third-order valence-electron chi connectivity index (χ3n) is 3.76. The van der Waals surface area contributed by atoms with E-state index in [2.05, 4.69) is 9.97 Å². The van der Waals surface area contributed by atoms with Crippen molar-refractivity contribution in [3.05, 3.63) is 65.9 Å². The summed E-state index contributed by atoms with van der Waals surface area (Å²) in [4.78, 5) is 6.79. The predicted molar refractivity (Wildman–Crippen MR) is 78.9 cm³/mol. The summed E-state index contributed by atoms with van der Waals surface area (Å²) in [6, 6.07) is 8.73. The van der Waals surface area contributed by atoms with Crippen LogP contribution in [0, 0.1) is 23.3 Å². The molecule has 23 heavy (non-hydrogen) atoms. The monoisotopic (exact) mass is 316 g/mol. The molecule has 114 valence electrons. The number of para-hydroxylation sites is 1. The van der Waals surface area contributed by atoms with Crippen molar-refractivity contribution in [3.8, 4) is 11.3 Å². The molecule has 0 aliphatic rings. The molecular weight excluding hydrogens is 308 g/mol. The van der Waals surface area contributed by atoms with E-state index in [0.29, 0.717) is 16.6 Å². The van der Waals surface area contributed by atoms with Crippen LogP contribution < -0.4 is 0 Å². The molecule has 0 unspecified atom stereocenters. The van der Waals surface area contributed by atoms with Gasteiger partial charge in [0.05, 0.1) is 11.2 Å². The average Bonchev–Trinajstić information content (AvgIpc) is 2.96. The zero-order chi connectivity index (χ0) is 16.1. The number of nitrogens with zero attached hydrogens (tertiary/aromatic N) is 1. The summed E-state index contributed by atoms with van der Waals surface area (Å²) >= 11 is 0. The second-order valence-electron chi connectivity index (χ2n) is 5.12. The van der Waals surface area contributed by atoms with Crippen molar-refractivity contribution >= 4 is 21.8 Å². The van der Waals surface area contributed by atoms with Gasteiger partial charge in [-0.15, -0.1) is 0 Å². The molecule has 1 N–H and O–H groups in total. The zero-order valence-corrected chi connectivity index (χ0v) is 11.5. The van der Waals surface area contributed by atoms with E-state index < -0.39 is 23.3 Å². The van der Waals surface area contributed by atoms with Crippen molar-refractivity contribution in [3.63, 3.8) is 0 Å². The quantitative estimate of drug-likeness (QED) is 0.391. The van der Waals surface area contributed by atoms with Gasteiger partial charge in [0, 0.05) is 22.5 Å². The lowest BCUT2D eigenvalue weighted by atomic mass is 10.1. The van der Waals surface area contributed by atoms with E-state index in [1.54, 1.807) is 24.3 Å². The van der Waals surface area contributed by atoms with E-state index in [4.69, 9.17) is 0 Å². The fraction of sp³-hybridized carbons (Fsp3) is 0. The number of H-pyrrole nitrogens is 1. The summed E-state index contributed by atoms with van der Waals surface area (Å²) < 4.78 is 54.4. The predicted octanol–water partition coefficient (Wildman–Crippen LogP) is 4.94. The first kappa shape index (κ1) is 13.8. The Bertz CT molecular complexity index is 1070. The van der Waals surface area contributed by atoms with Crippen molar-refractivity contribution < 1.29 is 17.6 Å². The minimum Gasteiger partial charge on any atom is -0.358 e. The summed E-state index contributed by atoms with van der Waals surface area (Å²) in [5, 5.41) is 0.751. The van der Waals surface area contributed by atoms with Gasteiger partial charge in [0.1, 0.15) is 11.3 Å². The Hall–Kier alpha value is -2.89. The maximum absolute atomic E-state index is 13.9. The summed E-state index contributed by atoms with van der Waals surface area (Å²) in [5.41, 5.74) is 0.693. The molecule has 2 nitrogen and oxygen atoms in total. The van der Waals surface area contributed by atoms with Gasteiger partial charge >= 0.3 is 0 Å². The highest BCUT2D eigenvalue weighted by Gasteiger charge is 2.18. The Morgan fingerprint density at radius 3 is 2.52 bits per heavy atom. The molecule has 4 aromatic rings.